The summed E-state index contributed by atoms with van der Waals surface area (Å²) in [7, 11) is 0. The second-order valence-corrected chi connectivity index (χ2v) is 8.77. The molecule has 2 aromatic rings. The summed E-state index contributed by atoms with van der Waals surface area (Å²) in [5, 5.41) is 8.90. The Hall–Kier alpha value is -3.06. The van der Waals surface area contributed by atoms with Gasteiger partial charge in [-0.25, -0.2) is 4.79 Å². The maximum Gasteiger partial charge on any atom is 0.407 e. The fourth-order valence-corrected chi connectivity index (χ4v) is 2.90. The first kappa shape index (κ1) is 25.2. The molecule has 0 fully saturated rings. The number of amides is 3. The van der Waals surface area contributed by atoms with Gasteiger partial charge < -0.3 is 20.7 Å². The van der Waals surface area contributed by atoms with Gasteiger partial charge in [-0.2, -0.15) is 0 Å². The molecule has 0 saturated carbocycles. The summed E-state index contributed by atoms with van der Waals surface area (Å²) in [6, 6.07) is 14.7. The second kappa shape index (κ2) is 12.1. The highest BCUT2D eigenvalue weighted by Gasteiger charge is 2.16. The van der Waals surface area contributed by atoms with Gasteiger partial charge in [0.1, 0.15) is 5.60 Å². The fourth-order valence-electron chi connectivity index (χ4n) is 2.77. The zero-order valence-corrected chi connectivity index (χ0v) is 19.4. The van der Waals surface area contributed by atoms with Crippen molar-refractivity contribution in [1.82, 2.24) is 10.6 Å². The second-order valence-electron chi connectivity index (χ2n) is 8.33. The number of anilines is 1. The molecule has 0 saturated heterocycles. The van der Waals surface area contributed by atoms with Crippen LogP contribution in [0, 0.1) is 0 Å². The van der Waals surface area contributed by atoms with Crippen molar-refractivity contribution in [3.05, 3.63) is 64.7 Å². The number of aryl methyl sites for hydroxylation is 1. The largest absolute Gasteiger partial charge is 0.444 e. The summed E-state index contributed by atoms with van der Waals surface area (Å²) >= 11 is 5.87. The molecular formula is C24H30ClN3O4. The molecule has 0 bridgehead atoms. The Morgan fingerprint density at radius 2 is 1.62 bits per heavy atom. The van der Waals surface area contributed by atoms with Crippen LogP contribution in [0.1, 0.15) is 44.7 Å². The van der Waals surface area contributed by atoms with E-state index in [1.807, 2.05) is 36.4 Å². The predicted octanol–water partition coefficient (Wildman–Crippen LogP) is 4.44. The Balaban J connectivity index is 1.71. The lowest BCUT2D eigenvalue weighted by Gasteiger charge is -2.19. The van der Waals surface area contributed by atoms with E-state index in [4.69, 9.17) is 16.3 Å². The summed E-state index contributed by atoms with van der Waals surface area (Å²) < 4.78 is 5.13. The summed E-state index contributed by atoms with van der Waals surface area (Å²) in [6.45, 7) is 5.85. The number of ether oxygens (including phenoxy) is 1. The van der Waals surface area contributed by atoms with E-state index in [2.05, 4.69) is 16.0 Å². The molecule has 0 aliphatic heterocycles. The molecule has 7 nitrogen and oxygen atoms in total. The van der Waals surface area contributed by atoms with Gasteiger partial charge in [0.25, 0.3) is 0 Å². The van der Waals surface area contributed by atoms with E-state index < -0.39 is 11.7 Å². The molecule has 2 aromatic carbocycles. The molecule has 3 amide bonds. The number of halogens is 1. The Bertz CT molecular complexity index is 924. The summed E-state index contributed by atoms with van der Waals surface area (Å²) in [5.74, 6) is -0.284. The van der Waals surface area contributed by atoms with Crippen LogP contribution in [0.4, 0.5) is 10.5 Å². The average molecular weight is 460 g/mol. The lowest BCUT2D eigenvalue weighted by atomic mass is 10.1. The molecule has 0 heterocycles. The van der Waals surface area contributed by atoms with E-state index >= 15 is 0 Å². The van der Waals surface area contributed by atoms with E-state index in [1.165, 1.54) is 0 Å². The van der Waals surface area contributed by atoms with Crippen molar-refractivity contribution >= 4 is 35.2 Å². The number of nitrogens with one attached hydrogen (secondary N) is 3. The molecule has 3 N–H and O–H groups in total. The van der Waals surface area contributed by atoms with Crippen LogP contribution in [0.25, 0.3) is 0 Å². The average Bonchev–Trinajstić information content (AvgIpc) is 2.71. The van der Waals surface area contributed by atoms with Gasteiger partial charge in [0, 0.05) is 36.6 Å². The first-order valence-electron chi connectivity index (χ1n) is 10.5. The Kier molecular flexibility index (Phi) is 9.53. The maximum absolute atomic E-state index is 12.1. The fraction of sp³-hybridized carbons (Fsp3) is 0.375. The van der Waals surface area contributed by atoms with Crippen molar-refractivity contribution in [3.63, 3.8) is 0 Å². The molecular weight excluding hydrogens is 430 g/mol. The third-order valence-electron chi connectivity index (χ3n) is 4.27. The number of carbonyl (C=O) groups excluding carboxylic acids is 3. The van der Waals surface area contributed by atoms with Crippen molar-refractivity contribution in [1.29, 1.82) is 0 Å². The van der Waals surface area contributed by atoms with E-state index in [0.29, 0.717) is 30.1 Å². The van der Waals surface area contributed by atoms with Crippen LogP contribution >= 0.6 is 11.6 Å². The summed E-state index contributed by atoms with van der Waals surface area (Å²) in [6.07, 6.45) is 0.573. The topological polar surface area (TPSA) is 96.5 Å². The van der Waals surface area contributed by atoms with Crippen LogP contribution in [-0.2, 0) is 27.3 Å². The normalized spacial score (nSPS) is 10.9. The zero-order chi connectivity index (χ0) is 23.6. The van der Waals surface area contributed by atoms with Gasteiger partial charge in [-0.05, 0) is 62.6 Å². The molecule has 172 valence electrons. The van der Waals surface area contributed by atoms with Crippen molar-refractivity contribution < 1.29 is 19.1 Å². The van der Waals surface area contributed by atoms with E-state index in [1.54, 1.807) is 32.9 Å². The van der Waals surface area contributed by atoms with E-state index in [0.717, 1.165) is 11.1 Å². The molecule has 0 radical (unpaired) electrons. The molecule has 0 aliphatic rings. The van der Waals surface area contributed by atoms with Crippen LogP contribution in [0.5, 0.6) is 0 Å². The van der Waals surface area contributed by atoms with Crippen LogP contribution < -0.4 is 16.0 Å². The van der Waals surface area contributed by atoms with Crippen LogP contribution in [0.3, 0.4) is 0 Å². The predicted molar refractivity (Wildman–Crippen MR) is 126 cm³/mol. The molecule has 8 heteroatoms. The Morgan fingerprint density at radius 3 is 2.31 bits per heavy atom. The minimum Gasteiger partial charge on any atom is -0.444 e. The van der Waals surface area contributed by atoms with Gasteiger partial charge in [-0.3, -0.25) is 9.59 Å². The molecule has 0 aliphatic carbocycles. The molecule has 0 spiro atoms. The number of alkyl carbamates (subject to hydrolysis) is 1. The lowest BCUT2D eigenvalue weighted by Crippen LogP contribution is -2.34. The van der Waals surface area contributed by atoms with Gasteiger partial charge in [0.05, 0.1) is 0 Å². The van der Waals surface area contributed by atoms with Gasteiger partial charge in [0.15, 0.2) is 0 Å². The van der Waals surface area contributed by atoms with Crippen LogP contribution in [-0.4, -0.2) is 30.1 Å². The number of benzene rings is 2. The third kappa shape index (κ3) is 10.3. The van der Waals surface area contributed by atoms with E-state index in [9.17, 15) is 14.4 Å². The third-order valence-corrected chi connectivity index (χ3v) is 4.53. The molecule has 0 unspecified atom stereocenters. The maximum atomic E-state index is 12.1. The Morgan fingerprint density at radius 1 is 0.906 bits per heavy atom. The molecule has 0 aromatic heterocycles. The van der Waals surface area contributed by atoms with Crippen LogP contribution in [0.15, 0.2) is 48.5 Å². The standard InChI is InChI=1S/C24H30ClN3O4/c1-24(2,3)32-23(31)26-14-13-22(30)28-20-6-4-5-18(15-20)16-27-21(29)12-9-17-7-10-19(25)11-8-17/h4-8,10-11,15H,9,12-14,16H2,1-3H3,(H,26,31)(H,27,29)(H,28,30). The van der Waals surface area contributed by atoms with Crippen LogP contribution in [0.2, 0.25) is 5.02 Å². The van der Waals surface area contributed by atoms with Crippen molar-refractivity contribution in [2.24, 2.45) is 0 Å². The number of rotatable bonds is 9. The highest BCUT2D eigenvalue weighted by Crippen LogP contribution is 2.13. The minimum atomic E-state index is -0.585. The van der Waals surface area contributed by atoms with Gasteiger partial charge in [0.2, 0.25) is 11.8 Å². The summed E-state index contributed by atoms with van der Waals surface area (Å²) in [5.41, 5.74) is 1.96. The first-order chi connectivity index (χ1) is 15.1. The number of carbonyl (C=O) groups is 3. The smallest absolute Gasteiger partial charge is 0.407 e. The summed E-state index contributed by atoms with van der Waals surface area (Å²) in [4.78, 5) is 35.8. The Labute approximate surface area is 193 Å². The minimum absolute atomic E-state index is 0.0531. The lowest BCUT2D eigenvalue weighted by molar-refractivity contribution is -0.121. The van der Waals surface area contributed by atoms with Crippen molar-refractivity contribution in [3.8, 4) is 0 Å². The quantitative estimate of drug-likeness (QED) is 0.516. The number of hydrogen-bond acceptors (Lipinski definition) is 4. The van der Waals surface area contributed by atoms with Gasteiger partial charge in [-0.1, -0.05) is 35.9 Å². The molecule has 2 rings (SSSR count). The monoisotopic (exact) mass is 459 g/mol. The zero-order valence-electron chi connectivity index (χ0n) is 18.7. The van der Waals surface area contributed by atoms with Gasteiger partial charge in [-0.15, -0.1) is 0 Å². The SMILES string of the molecule is CC(C)(C)OC(=O)NCCC(=O)Nc1cccc(CNC(=O)CCc2ccc(Cl)cc2)c1. The van der Waals surface area contributed by atoms with E-state index in [-0.39, 0.29) is 24.8 Å². The molecule has 0 atom stereocenters. The number of hydrogen-bond donors (Lipinski definition) is 3. The molecule has 32 heavy (non-hydrogen) atoms. The highest BCUT2D eigenvalue weighted by atomic mass is 35.5. The highest BCUT2D eigenvalue weighted by molar-refractivity contribution is 6.30. The van der Waals surface area contributed by atoms with Crippen molar-refractivity contribution in [2.45, 2.75) is 52.2 Å². The first-order valence-corrected chi connectivity index (χ1v) is 10.9. The van der Waals surface area contributed by atoms with Gasteiger partial charge >= 0.3 is 6.09 Å². The van der Waals surface area contributed by atoms with Crippen molar-refractivity contribution in [2.75, 3.05) is 11.9 Å².